The Balaban J connectivity index is 2.62. The van der Waals surface area contributed by atoms with Crippen molar-refractivity contribution in [3.8, 4) is 0 Å². The topological polar surface area (TPSA) is 20.7 Å². The Bertz CT molecular complexity index is 659. The quantitative estimate of drug-likeness (QED) is 0.534. The number of imidazole rings is 1. The summed E-state index contributed by atoms with van der Waals surface area (Å²) < 4.78 is 4.30. The molecule has 19 heavy (non-hydrogen) atoms. The Labute approximate surface area is 133 Å². The smallest absolute Gasteiger partial charge is 0.178 e. The third-order valence-corrected chi connectivity index (χ3v) is 4.17. The van der Waals surface area contributed by atoms with Gasteiger partial charge in [0.15, 0.2) is 4.77 Å². The first kappa shape index (κ1) is 15.0. The summed E-state index contributed by atoms with van der Waals surface area (Å²) in [5.74, 6) is 0. The van der Waals surface area contributed by atoms with E-state index in [4.69, 9.17) is 12.2 Å². The fraction of sp³-hybridized carbons (Fsp3) is 0.533. The molecule has 0 fully saturated rings. The van der Waals surface area contributed by atoms with Crippen molar-refractivity contribution in [2.75, 3.05) is 0 Å². The summed E-state index contributed by atoms with van der Waals surface area (Å²) in [6, 6.07) is 6.44. The minimum absolute atomic E-state index is 0.000370. The Morgan fingerprint density at radius 2 is 1.84 bits per heavy atom. The second-order valence-corrected chi connectivity index (χ2v) is 8.61. The first-order valence-electron chi connectivity index (χ1n) is 6.51. The van der Waals surface area contributed by atoms with Gasteiger partial charge in [-0.1, -0.05) is 20.8 Å². The van der Waals surface area contributed by atoms with Gasteiger partial charge in [0.1, 0.15) is 0 Å². The molecule has 0 bridgehead atoms. The van der Waals surface area contributed by atoms with Crippen LogP contribution in [0.1, 0.15) is 41.0 Å². The van der Waals surface area contributed by atoms with Crippen LogP contribution in [-0.4, -0.2) is 9.55 Å². The monoisotopic (exact) mass is 388 g/mol. The van der Waals surface area contributed by atoms with Crippen LogP contribution in [-0.2, 0) is 5.54 Å². The largest absolute Gasteiger partial charge is 0.331 e. The third kappa shape index (κ3) is 3.21. The van der Waals surface area contributed by atoms with Crippen molar-refractivity contribution < 1.29 is 0 Å². The van der Waals surface area contributed by atoms with Gasteiger partial charge in [-0.3, -0.25) is 0 Å². The number of halogens is 1. The maximum Gasteiger partial charge on any atom is 0.178 e. The van der Waals surface area contributed by atoms with Crippen LogP contribution in [0.4, 0.5) is 0 Å². The number of rotatable bonds is 2. The Morgan fingerprint density at radius 1 is 1.21 bits per heavy atom. The number of nitrogens with zero attached hydrogens (tertiary/aromatic N) is 1. The zero-order valence-corrected chi connectivity index (χ0v) is 15.1. The highest BCUT2D eigenvalue weighted by molar-refractivity contribution is 14.1. The minimum Gasteiger partial charge on any atom is -0.331 e. The number of nitrogens with one attached hydrogen (secondary N) is 1. The molecule has 0 aliphatic rings. The number of hydrogen-bond acceptors (Lipinski definition) is 1. The fourth-order valence-electron chi connectivity index (χ4n) is 3.06. The molecule has 0 saturated heterocycles. The number of hydrogen-bond donors (Lipinski definition) is 1. The molecule has 0 unspecified atom stereocenters. The molecular formula is C15H21IN2S. The number of benzene rings is 1. The molecule has 0 aliphatic heterocycles. The van der Waals surface area contributed by atoms with Crippen LogP contribution in [0.2, 0.25) is 0 Å². The van der Waals surface area contributed by atoms with E-state index in [0.29, 0.717) is 0 Å². The summed E-state index contributed by atoms with van der Waals surface area (Å²) in [6.45, 7) is 11.3. The Morgan fingerprint density at radius 3 is 2.42 bits per heavy atom. The summed E-state index contributed by atoms with van der Waals surface area (Å²) in [4.78, 5) is 3.33. The SMILES string of the molecule is CC(C)(C)CC(C)(C)n1c(=S)[nH]c2cc(I)ccc21. The molecule has 0 saturated carbocycles. The molecule has 4 heteroatoms. The van der Waals surface area contributed by atoms with Gasteiger partial charge in [0.05, 0.1) is 11.0 Å². The predicted molar refractivity (Wildman–Crippen MR) is 93.2 cm³/mol. The van der Waals surface area contributed by atoms with E-state index in [1.165, 1.54) is 9.09 Å². The van der Waals surface area contributed by atoms with Gasteiger partial charge < -0.3 is 9.55 Å². The highest BCUT2D eigenvalue weighted by Crippen LogP contribution is 2.34. The first-order valence-corrected chi connectivity index (χ1v) is 8.00. The molecule has 104 valence electrons. The van der Waals surface area contributed by atoms with E-state index < -0.39 is 0 Å². The second-order valence-electron chi connectivity index (χ2n) is 6.98. The molecule has 0 amide bonds. The van der Waals surface area contributed by atoms with Crippen molar-refractivity contribution in [1.82, 2.24) is 9.55 Å². The molecule has 2 aromatic rings. The van der Waals surface area contributed by atoms with Gasteiger partial charge >= 0.3 is 0 Å². The summed E-state index contributed by atoms with van der Waals surface area (Å²) in [5, 5.41) is 0. The van der Waals surface area contributed by atoms with Crippen LogP contribution in [0.5, 0.6) is 0 Å². The van der Waals surface area contributed by atoms with E-state index in [9.17, 15) is 0 Å². The van der Waals surface area contributed by atoms with Crippen LogP contribution in [0.3, 0.4) is 0 Å². The normalized spacial score (nSPS) is 13.2. The van der Waals surface area contributed by atoms with Gasteiger partial charge in [-0.05, 0) is 78.7 Å². The van der Waals surface area contributed by atoms with E-state index in [-0.39, 0.29) is 11.0 Å². The fourth-order valence-corrected chi connectivity index (χ4v) is 4.01. The standard InChI is InChI=1S/C15H21IN2S/c1-14(2,3)9-15(4,5)18-12-7-6-10(16)8-11(12)17-13(18)19/h6-8H,9H2,1-5H3,(H,17,19). The Kier molecular flexibility index (Phi) is 3.86. The average molecular weight is 388 g/mol. The van der Waals surface area contributed by atoms with Crippen molar-refractivity contribution in [1.29, 1.82) is 0 Å². The van der Waals surface area contributed by atoms with Gasteiger partial charge in [-0.25, -0.2) is 0 Å². The molecule has 0 aliphatic carbocycles. The molecule has 2 rings (SSSR count). The van der Waals surface area contributed by atoms with Gasteiger partial charge in [-0.2, -0.15) is 0 Å². The first-order chi connectivity index (χ1) is 8.60. The predicted octanol–water partition coefficient (Wildman–Crippen LogP) is 5.47. The molecule has 1 N–H and O–H groups in total. The summed E-state index contributed by atoms with van der Waals surface area (Å²) in [6.07, 6.45) is 1.08. The van der Waals surface area contributed by atoms with E-state index >= 15 is 0 Å². The van der Waals surface area contributed by atoms with Crippen molar-refractivity contribution in [3.05, 3.63) is 26.5 Å². The van der Waals surface area contributed by atoms with E-state index in [0.717, 1.165) is 16.7 Å². The third-order valence-electron chi connectivity index (χ3n) is 3.21. The molecule has 1 aromatic heterocycles. The molecule has 1 aromatic carbocycles. The zero-order valence-electron chi connectivity index (χ0n) is 12.2. The maximum absolute atomic E-state index is 5.54. The lowest BCUT2D eigenvalue weighted by Gasteiger charge is -2.34. The highest BCUT2D eigenvalue weighted by Gasteiger charge is 2.29. The zero-order chi connectivity index (χ0) is 14.4. The summed E-state index contributed by atoms with van der Waals surface area (Å²) >= 11 is 7.87. The Hall–Kier alpha value is -0.360. The van der Waals surface area contributed by atoms with Crippen molar-refractivity contribution in [2.45, 2.75) is 46.6 Å². The molecule has 1 heterocycles. The number of aromatic nitrogens is 2. The van der Waals surface area contributed by atoms with Crippen molar-refractivity contribution >= 4 is 45.8 Å². The molecule has 2 nitrogen and oxygen atoms in total. The van der Waals surface area contributed by atoms with Gasteiger partial charge in [-0.15, -0.1) is 0 Å². The van der Waals surface area contributed by atoms with E-state index in [2.05, 4.69) is 85.0 Å². The van der Waals surface area contributed by atoms with E-state index in [1.807, 2.05) is 0 Å². The molecular weight excluding hydrogens is 367 g/mol. The minimum atomic E-state index is 0.000370. The van der Waals surface area contributed by atoms with Crippen LogP contribution >= 0.6 is 34.8 Å². The number of fused-ring (bicyclic) bond motifs is 1. The second kappa shape index (κ2) is 4.88. The van der Waals surface area contributed by atoms with E-state index in [1.54, 1.807) is 0 Å². The van der Waals surface area contributed by atoms with Crippen LogP contribution in [0.15, 0.2) is 18.2 Å². The maximum atomic E-state index is 5.54. The highest BCUT2D eigenvalue weighted by atomic mass is 127. The van der Waals surface area contributed by atoms with Gasteiger partial charge in [0, 0.05) is 9.11 Å². The molecule has 0 spiro atoms. The number of H-pyrrole nitrogens is 1. The lowest BCUT2D eigenvalue weighted by atomic mass is 9.81. The number of aromatic amines is 1. The average Bonchev–Trinajstić information content (AvgIpc) is 2.49. The lowest BCUT2D eigenvalue weighted by molar-refractivity contribution is 0.217. The van der Waals surface area contributed by atoms with Crippen molar-refractivity contribution in [3.63, 3.8) is 0 Å². The molecule has 0 radical (unpaired) electrons. The van der Waals surface area contributed by atoms with Gasteiger partial charge in [0.25, 0.3) is 0 Å². The van der Waals surface area contributed by atoms with Gasteiger partial charge in [0.2, 0.25) is 0 Å². The summed E-state index contributed by atoms with van der Waals surface area (Å²) in [5.41, 5.74) is 2.59. The van der Waals surface area contributed by atoms with Crippen LogP contribution in [0.25, 0.3) is 11.0 Å². The summed E-state index contributed by atoms with van der Waals surface area (Å²) in [7, 11) is 0. The molecule has 0 atom stereocenters. The lowest BCUT2D eigenvalue weighted by Crippen LogP contribution is -2.31. The van der Waals surface area contributed by atoms with Crippen molar-refractivity contribution in [2.24, 2.45) is 5.41 Å². The van der Waals surface area contributed by atoms with Crippen LogP contribution < -0.4 is 0 Å². The van der Waals surface area contributed by atoms with Crippen LogP contribution in [0, 0.1) is 13.8 Å².